The fourth-order valence-electron chi connectivity index (χ4n) is 4.23. The largest absolute Gasteiger partial charge is 0.378 e. The van der Waals surface area contributed by atoms with E-state index in [-0.39, 0.29) is 5.91 Å². The number of likely N-dealkylation sites (tertiary alicyclic amines) is 2. The lowest BCUT2D eigenvalue weighted by atomic mass is 9.94. The third-order valence-corrected chi connectivity index (χ3v) is 5.76. The topological polar surface area (TPSA) is 61.8 Å². The Labute approximate surface area is 155 Å². The van der Waals surface area contributed by atoms with Crippen LogP contribution in [-0.2, 0) is 9.53 Å². The number of ether oxygens (including phenoxy) is 1. The van der Waals surface area contributed by atoms with Crippen molar-refractivity contribution < 1.29 is 9.53 Å². The van der Waals surface area contributed by atoms with Crippen molar-refractivity contribution in [2.45, 2.75) is 31.6 Å². The third kappa shape index (κ3) is 4.15. The maximum absolute atomic E-state index is 12.7. The smallest absolute Gasteiger partial charge is 0.236 e. The van der Waals surface area contributed by atoms with E-state index in [4.69, 9.17) is 4.74 Å². The molecular weight excluding hydrogens is 330 g/mol. The summed E-state index contributed by atoms with van der Waals surface area (Å²) in [6, 6.07) is 2.12. The Morgan fingerprint density at radius 2 is 1.88 bits per heavy atom. The minimum absolute atomic E-state index is 0.277. The lowest BCUT2D eigenvalue weighted by Gasteiger charge is -2.34. The predicted molar refractivity (Wildman–Crippen MR) is 99.3 cm³/mol. The Kier molecular flexibility index (Phi) is 5.65. The van der Waals surface area contributed by atoms with Crippen molar-refractivity contribution >= 4 is 11.7 Å². The molecule has 1 aromatic heterocycles. The molecule has 0 radical (unpaired) electrons. The molecule has 1 aromatic rings. The average molecular weight is 359 g/mol. The predicted octanol–water partition coefficient (Wildman–Crippen LogP) is 1.12. The first kappa shape index (κ1) is 17.7. The molecular formula is C19H29N5O2. The minimum atomic E-state index is 0.277. The number of amides is 1. The first-order valence-electron chi connectivity index (χ1n) is 9.94. The molecule has 0 aromatic carbocycles. The van der Waals surface area contributed by atoms with Gasteiger partial charge in [0.2, 0.25) is 5.91 Å². The maximum Gasteiger partial charge on any atom is 0.236 e. The van der Waals surface area contributed by atoms with Crippen molar-refractivity contribution in [2.24, 2.45) is 0 Å². The van der Waals surface area contributed by atoms with E-state index < -0.39 is 0 Å². The van der Waals surface area contributed by atoms with Gasteiger partial charge in [0.1, 0.15) is 12.1 Å². The number of carbonyl (C=O) groups is 1. The zero-order valence-corrected chi connectivity index (χ0v) is 15.5. The van der Waals surface area contributed by atoms with Crippen LogP contribution in [0.2, 0.25) is 0 Å². The highest BCUT2D eigenvalue weighted by Crippen LogP contribution is 2.27. The van der Waals surface area contributed by atoms with E-state index in [0.29, 0.717) is 12.5 Å². The van der Waals surface area contributed by atoms with Crippen molar-refractivity contribution in [3.05, 3.63) is 18.1 Å². The lowest BCUT2D eigenvalue weighted by molar-refractivity contribution is -0.133. The number of hydrogen-bond donors (Lipinski definition) is 0. The Bertz CT molecular complexity index is 614. The molecule has 3 aliphatic heterocycles. The molecule has 0 bridgehead atoms. The van der Waals surface area contributed by atoms with Crippen LogP contribution in [0.15, 0.2) is 12.4 Å². The minimum Gasteiger partial charge on any atom is -0.378 e. The van der Waals surface area contributed by atoms with Gasteiger partial charge < -0.3 is 14.5 Å². The first-order chi connectivity index (χ1) is 12.8. The van der Waals surface area contributed by atoms with E-state index in [1.165, 1.54) is 12.8 Å². The second-order valence-corrected chi connectivity index (χ2v) is 7.56. The molecule has 7 heteroatoms. The number of piperidine rings is 1. The molecule has 1 atom stereocenters. The molecule has 4 rings (SSSR count). The van der Waals surface area contributed by atoms with E-state index in [1.54, 1.807) is 6.33 Å². The molecule has 1 amide bonds. The number of hydrogen-bond acceptors (Lipinski definition) is 6. The summed E-state index contributed by atoms with van der Waals surface area (Å²) in [5.74, 6) is 1.58. The molecule has 3 aliphatic rings. The Balaban J connectivity index is 1.39. The summed E-state index contributed by atoms with van der Waals surface area (Å²) in [7, 11) is 0. The maximum atomic E-state index is 12.7. The summed E-state index contributed by atoms with van der Waals surface area (Å²) in [6.07, 6.45) is 6.26. The van der Waals surface area contributed by atoms with Gasteiger partial charge in [-0.05, 0) is 38.8 Å². The second-order valence-electron chi connectivity index (χ2n) is 7.56. The monoisotopic (exact) mass is 359 g/mol. The zero-order chi connectivity index (χ0) is 17.8. The van der Waals surface area contributed by atoms with E-state index in [1.807, 2.05) is 4.90 Å². The van der Waals surface area contributed by atoms with Gasteiger partial charge in [0, 0.05) is 38.2 Å². The zero-order valence-electron chi connectivity index (χ0n) is 15.5. The standard InChI is InChI=1S/C19H29N5O2/c25-19(14-22-5-1-2-6-22)24-7-3-4-16(13-24)17-12-18(21-15-20-17)23-8-10-26-11-9-23/h12,15-16H,1-11,13-14H2/t16-/m0/s1. The molecule has 3 fully saturated rings. The SMILES string of the molecule is O=C(CN1CCCC1)N1CCC[C@H](c2cc(N3CCOCC3)ncn2)C1. The highest BCUT2D eigenvalue weighted by atomic mass is 16.5. The number of nitrogens with zero attached hydrogens (tertiary/aromatic N) is 5. The van der Waals surface area contributed by atoms with Gasteiger partial charge >= 0.3 is 0 Å². The highest BCUT2D eigenvalue weighted by Gasteiger charge is 2.27. The number of morpholine rings is 1. The molecule has 26 heavy (non-hydrogen) atoms. The molecule has 3 saturated heterocycles. The second kappa shape index (κ2) is 8.31. The summed E-state index contributed by atoms with van der Waals surface area (Å²) >= 11 is 0. The van der Waals surface area contributed by atoms with Gasteiger partial charge in [0.25, 0.3) is 0 Å². The van der Waals surface area contributed by atoms with Gasteiger partial charge in [-0.2, -0.15) is 0 Å². The number of anilines is 1. The number of rotatable bonds is 4. The van der Waals surface area contributed by atoms with Crippen LogP contribution in [0, 0.1) is 0 Å². The van der Waals surface area contributed by atoms with Gasteiger partial charge in [0.05, 0.1) is 25.5 Å². The van der Waals surface area contributed by atoms with Crippen LogP contribution >= 0.6 is 0 Å². The Morgan fingerprint density at radius 1 is 1.08 bits per heavy atom. The summed E-state index contributed by atoms with van der Waals surface area (Å²) in [5, 5.41) is 0. The molecule has 142 valence electrons. The van der Waals surface area contributed by atoms with Gasteiger partial charge in [-0.3, -0.25) is 9.69 Å². The first-order valence-corrected chi connectivity index (χ1v) is 9.94. The summed E-state index contributed by atoms with van der Waals surface area (Å²) in [5.41, 5.74) is 1.07. The van der Waals surface area contributed by atoms with Crippen LogP contribution < -0.4 is 4.90 Å². The summed E-state index contributed by atoms with van der Waals surface area (Å²) in [4.78, 5) is 28.3. The fraction of sp³-hybridized carbons (Fsp3) is 0.737. The third-order valence-electron chi connectivity index (χ3n) is 5.76. The van der Waals surface area contributed by atoms with Crippen molar-refractivity contribution in [3.63, 3.8) is 0 Å². The lowest BCUT2D eigenvalue weighted by Crippen LogP contribution is -2.44. The normalized spacial score (nSPS) is 24.8. The van der Waals surface area contributed by atoms with Crippen molar-refractivity contribution in [1.82, 2.24) is 19.8 Å². The Hall–Kier alpha value is -1.73. The van der Waals surface area contributed by atoms with Crippen LogP contribution in [0.25, 0.3) is 0 Å². The highest BCUT2D eigenvalue weighted by molar-refractivity contribution is 5.78. The molecule has 0 saturated carbocycles. The molecule has 7 nitrogen and oxygen atoms in total. The summed E-state index contributed by atoms with van der Waals surface area (Å²) in [6.45, 7) is 7.63. The van der Waals surface area contributed by atoms with Crippen molar-refractivity contribution in [1.29, 1.82) is 0 Å². The fourth-order valence-corrected chi connectivity index (χ4v) is 4.23. The van der Waals surface area contributed by atoms with E-state index in [9.17, 15) is 4.79 Å². The van der Waals surface area contributed by atoms with Crippen LogP contribution in [0.5, 0.6) is 0 Å². The molecule has 0 aliphatic carbocycles. The molecule has 0 spiro atoms. The summed E-state index contributed by atoms with van der Waals surface area (Å²) < 4.78 is 5.43. The van der Waals surface area contributed by atoms with Gasteiger partial charge in [-0.1, -0.05) is 0 Å². The van der Waals surface area contributed by atoms with Crippen LogP contribution in [0.1, 0.15) is 37.3 Å². The average Bonchev–Trinajstić information content (AvgIpc) is 3.22. The van der Waals surface area contributed by atoms with Crippen LogP contribution in [-0.4, -0.2) is 84.7 Å². The molecule has 0 N–H and O–H groups in total. The van der Waals surface area contributed by atoms with Crippen molar-refractivity contribution in [2.75, 3.05) is 63.9 Å². The molecule has 0 unspecified atom stereocenters. The molecule has 4 heterocycles. The van der Waals surface area contributed by atoms with E-state index in [2.05, 4.69) is 25.8 Å². The van der Waals surface area contributed by atoms with Crippen molar-refractivity contribution in [3.8, 4) is 0 Å². The van der Waals surface area contributed by atoms with Crippen LogP contribution in [0.3, 0.4) is 0 Å². The van der Waals surface area contributed by atoms with Gasteiger partial charge in [-0.25, -0.2) is 9.97 Å². The van der Waals surface area contributed by atoms with Gasteiger partial charge in [0.15, 0.2) is 0 Å². The van der Waals surface area contributed by atoms with E-state index in [0.717, 1.165) is 76.8 Å². The number of aromatic nitrogens is 2. The Morgan fingerprint density at radius 3 is 2.69 bits per heavy atom. The number of carbonyl (C=O) groups excluding carboxylic acids is 1. The van der Waals surface area contributed by atoms with Gasteiger partial charge in [-0.15, -0.1) is 0 Å². The van der Waals surface area contributed by atoms with E-state index >= 15 is 0 Å². The van der Waals surface area contributed by atoms with Crippen LogP contribution in [0.4, 0.5) is 5.82 Å². The quantitative estimate of drug-likeness (QED) is 0.803.